The van der Waals surface area contributed by atoms with Gasteiger partial charge >= 0.3 is 5.97 Å². The van der Waals surface area contributed by atoms with E-state index in [-0.39, 0.29) is 22.1 Å². The van der Waals surface area contributed by atoms with Crippen LogP contribution >= 0.6 is 11.6 Å². The van der Waals surface area contributed by atoms with E-state index >= 15 is 0 Å². The highest BCUT2D eigenvalue weighted by atomic mass is 35.5. The molecule has 6 heteroatoms. The Morgan fingerprint density at radius 3 is 2.53 bits per heavy atom. The van der Waals surface area contributed by atoms with Gasteiger partial charge in [0.25, 0.3) is 0 Å². The van der Waals surface area contributed by atoms with Gasteiger partial charge < -0.3 is 4.74 Å². The molecule has 17 heavy (non-hydrogen) atoms. The standard InChI is InChI=1S/C11H13ClO4S/c1-3-17(14,15)7-8-4-5-9(10(12)6-8)11(13)16-2/h4-6H,3,7H2,1-2H3. The molecular weight excluding hydrogens is 264 g/mol. The van der Waals surface area contributed by atoms with Crippen LogP contribution in [-0.4, -0.2) is 27.2 Å². The Kier molecular flexibility index (Phi) is 4.54. The molecule has 94 valence electrons. The fraction of sp³-hybridized carbons (Fsp3) is 0.364. The lowest BCUT2D eigenvalue weighted by molar-refractivity contribution is 0.0601. The predicted molar refractivity (Wildman–Crippen MR) is 66.0 cm³/mol. The number of hydrogen-bond acceptors (Lipinski definition) is 4. The Bertz CT molecular complexity index is 522. The summed E-state index contributed by atoms with van der Waals surface area (Å²) in [5, 5.41) is 0.195. The number of benzene rings is 1. The van der Waals surface area contributed by atoms with Crippen LogP contribution in [0, 0.1) is 0 Å². The Balaban J connectivity index is 3.01. The number of hydrogen-bond donors (Lipinski definition) is 0. The van der Waals surface area contributed by atoms with Crippen molar-refractivity contribution in [2.75, 3.05) is 12.9 Å². The summed E-state index contributed by atoms with van der Waals surface area (Å²) in [5.41, 5.74) is 0.788. The van der Waals surface area contributed by atoms with E-state index in [1.165, 1.54) is 19.2 Å². The smallest absolute Gasteiger partial charge is 0.339 e. The summed E-state index contributed by atoms with van der Waals surface area (Å²) in [6, 6.07) is 4.50. The average Bonchev–Trinajstić information content (AvgIpc) is 2.28. The minimum absolute atomic E-state index is 0.0728. The lowest BCUT2D eigenvalue weighted by atomic mass is 10.1. The van der Waals surface area contributed by atoms with Crippen LogP contribution in [0.15, 0.2) is 18.2 Å². The molecular formula is C11H13ClO4S. The third-order valence-electron chi connectivity index (χ3n) is 2.27. The molecule has 0 bridgehead atoms. The molecule has 1 aromatic carbocycles. The van der Waals surface area contributed by atoms with Crippen LogP contribution in [0.1, 0.15) is 22.8 Å². The maximum Gasteiger partial charge on any atom is 0.339 e. The molecule has 0 aliphatic carbocycles. The van der Waals surface area contributed by atoms with Crippen molar-refractivity contribution in [1.82, 2.24) is 0 Å². The first-order chi connectivity index (χ1) is 7.89. The molecule has 0 saturated heterocycles. The zero-order valence-electron chi connectivity index (χ0n) is 9.57. The van der Waals surface area contributed by atoms with Crippen LogP contribution in [0.3, 0.4) is 0 Å². The molecule has 0 aliphatic heterocycles. The van der Waals surface area contributed by atoms with Crippen molar-refractivity contribution in [3.63, 3.8) is 0 Å². The summed E-state index contributed by atoms with van der Waals surface area (Å²) < 4.78 is 27.4. The van der Waals surface area contributed by atoms with Crippen molar-refractivity contribution in [3.05, 3.63) is 34.3 Å². The number of rotatable bonds is 4. The fourth-order valence-corrected chi connectivity index (χ4v) is 2.45. The quantitative estimate of drug-likeness (QED) is 0.790. The zero-order chi connectivity index (χ0) is 13.1. The van der Waals surface area contributed by atoms with Crippen molar-refractivity contribution < 1.29 is 17.9 Å². The number of carbonyl (C=O) groups is 1. The molecule has 0 unspecified atom stereocenters. The Hall–Kier alpha value is -1.07. The SMILES string of the molecule is CCS(=O)(=O)Cc1ccc(C(=O)OC)c(Cl)c1. The van der Waals surface area contributed by atoms with E-state index in [1.54, 1.807) is 13.0 Å². The maximum absolute atomic E-state index is 11.4. The largest absolute Gasteiger partial charge is 0.465 e. The first-order valence-electron chi connectivity index (χ1n) is 4.96. The van der Waals surface area contributed by atoms with Crippen LogP contribution in [0.25, 0.3) is 0 Å². The number of methoxy groups -OCH3 is 1. The predicted octanol–water partition coefficient (Wildman–Crippen LogP) is 2.06. The molecule has 1 aromatic rings. The normalized spacial score (nSPS) is 11.2. The number of ether oxygens (including phenoxy) is 1. The summed E-state index contributed by atoms with van der Waals surface area (Å²) in [6.07, 6.45) is 0. The first-order valence-corrected chi connectivity index (χ1v) is 7.16. The zero-order valence-corrected chi connectivity index (χ0v) is 11.1. The molecule has 1 rings (SSSR count). The van der Waals surface area contributed by atoms with Gasteiger partial charge in [-0.05, 0) is 17.7 Å². The molecule has 0 N–H and O–H groups in total. The van der Waals surface area contributed by atoms with Crippen molar-refractivity contribution in [2.45, 2.75) is 12.7 Å². The van der Waals surface area contributed by atoms with E-state index in [4.69, 9.17) is 11.6 Å². The van der Waals surface area contributed by atoms with Crippen LogP contribution in [-0.2, 0) is 20.3 Å². The van der Waals surface area contributed by atoms with E-state index in [0.29, 0.717) is 5.56 Å². The number of sulfone groups is 1. The summed E-state index contributed by atoms with van der Waals surface area (Å²) in [5.74, 6) is -0.548. The highest BCUT2D eigenvalue weighted by Crippen LogP contribution is 2.20. The van der Waals surface area contributed by atoms with Gasteiger partial charge in [0.15, 0.2) is 9.84 Å². The van der Waals surface area contributed by atoms with Crippen molar-refractivity contribution >= 4 is 27.4 Å². The van der Waals surface area contributed by atoms with Gasteiger partial charge in [0.1, 0.15) is 0 Å². The molecule has 0 aromatic heterocycles. The van der Waals surface area contributed by atoms with Gasteiger partial charge in [-0.1, -0.05) is 24.6 Å². The summed E-state index contributed by atoms with van der Waals surface area (Å²) in [7, 11) is -1.84. The van der Waals surface area contributed by atoms with Gasteiger partial charge in [0, 0.05) is 5.75 Å². The van der Waals surface area contributed by atoms with Gasteiger partial charge in [-0.15, -0.1) is 0 Å². The maximum atomic E-state index is 11.4. The lowest BCUT2D eigenvalue weighted by Crippen LogP contribution is -2.07. The lowest BCUT2D eigenvalue weighted by Gasteiger charge is -2.05. The summed E-state index contributed by atoms with van der Waals surface area (Å²) >= 11 is 5.88. The highest BCUT2D eigenvalue weighted by molar-refractivity contribution is 7.90. The van der Waals surface area contributed by atoms with Gasteiger partial charge in [-0.3, -0.25) is 0 Å². The molecule has 0 fully saturated rings. The van der Waals surface area contributed by atoms with E-state index in [0.717, 1.165) is 0 Å². The van der Waals surface area contributed by atoms with Crippen molar-refractivity contribution in [1.29, 1.82) is 0 Å². The van der Waals surface area contributed by atoms with E-state index in [1.807, 2.05) is 0 Å². The van der Waals surface area contributed by atoms with Crippen LogP contribution in [0.4, 0.5) is 0 Å². The summed E-state index contributed by atoms with van der Waals surface area (Å²) in [6.45, 7) is 1.58. The summed E-state index contributed by atoms with van der Waals surface area (Å²) in [4.78, 5) is 11.3. The van der Waals surface area contributed by atoms with Crippen LogP contribution in [0.5, 0.6) is 0 Å². The van der Waals surface area contributed by atoms with Crippen molar-refractivity contribution in [2.24, 2.45) is 0 Å². The third-order valence-corrected chi connectivity index (χ3v) is 4.23. The minimum atomic E-state index is -3.10. The van der Waals surface area contributed by atoms with Crippen molar-refractivity contribution in [3.8, 4) is 0 Å². The molecule has 0 aliphatic rings. The Labute approximate surface area is 105 Å². The monoisotopic (exact) mass is 276 g/mol. The molecule has 0 saturated carbocycles. The first kappa shape index (κ1) is 14.0. The van der Waals surface area contributed by atoms with Gasteiger partial charge in [-0.25, -0.2) is 13.2 Å². The van der Waals surface area contributed by atoms with E-state index in [9.17, 15) is 13.2 Å². The van der Waals surface area contributed by atoms with Gasteiger partial charge in [0.05, 0.1) is 23.4 Å². The molecule has 4 nitrogen and oxygen atoms in total. The number of carbonyl (C=O) groups excluding carboxylic acids is 1. The molecule has 0 atom stereocenters. The topological polar surface area (TPSA) is 60.4 Å². The molecule has 0 amide bonds. The second-order valence-electron chi connectivity index (χ2n) is 3.48. The van der Waals surface area contributed by atoms with E-state index < -0.39 is 15.8 Å². The molecule has 0 spiro atoms. The Morgan fingerprint density at radius 1 is 1.41 bits per heavy atom. The minimum Gasteiger partial charge on any atom is -0.465 e. The Morgan fingerprint density at radius 2 is 2.06 bits per heavy atom. The van der Waals surface area contributed by atoms with Crippen LogP contribution in [0.2, 0.25) is 5.02 Å². The second-order valence-corrected chi connectivity index (χ2v) is 6.24. The second kappa shape index (κ2) is 5.51. The number of esters is 1. The van der Waals surface area contributed by atoms with E-state index in [2.05, 4.69) is 4.74 Å². The fourth-order valence-electron chi connectivity index (χ4n) is 1.28. The van der Waals surface area contributed by atoms with Gasteiger partial charge in [-0.2, -0.15) is 0 Å². The molecule has 0 heterocycles. The van der Waals surface area contributed by atoms with Crippen LogP contribution < -0.4 is 0 Å². The molecule has 0 radical (unpaired) electrons. The average molecular weight is 277 g/mol. The third kappa shape index (κ3) is 3.71. The van der Waals surface area contributed by atoms with Gasteiger partial charge in [0.2, 0.25) is 0 Å². The number of halogens is 1. The highest BCUT2D eigenvalue weighted by Gasteiger charge is 2.14.